The van der Waals surface area contributed by atoms with E-state index >= 15 is 0 Å². The van der Waals surface area contributed by atoms with Gasteiger partial charge in [-0.25, -0.2) is 0 Å². The van der Waals surface area contributed by atoms with Crippen molar-refractivity contribution in [2.75, 3.05) is 7.11 Å². The Morgan fingerprint density at radius 3 is 2.27 bits per heavy atom. The number of carboxylic acids is 1. The van der Waals surface area contributed by atoms with E-state index in [1.165, 1.54) is 0 Å². The Hall–Kier alpha value is -0.550. The molecule has 1 aromatic carbocycles. The van der Waals surface area contributed by atoms with Gasteiger partial charge in [0.25, 0.3) is 0 Å². The van der Waals surface area contributed by atoms with Crippen LogP contribution in [0.4, 0.5) is 0 Å². The van der Waals surface area contributed by atoms with Gasteiger partial charge in [0.2, 0.25) is 0 Å². The number of benzene rings is 1. The fourth-order valence-electron chi connectivity index (χ4n) is 1.08. The SMILES string of the molecule is COc1ccc([C@H](Br)[C@@H](Br)C(=O)O)cc1. The maximum Gasteiger partial charge on any atom is 0.318 e. The molecule has 15 heavy (non-hydrogen) atoms. The molecule has 0 fully saturated rings. The van der Waals surface area contributed by atoms with E-state index in [1.807, 2.05) is 12.1 Å². The van der Waals surface area contributed by atoms with E-state index in [1.54, 1.807) is 19.2 Å². The molecule has 0 unspecified atom stereocenters. The maximum atomic E-state index is 10.7. The largest absolute Gasteiger partial charge is 0.497 e. The van der Waals surface area contributed by atoms with E-state index in [2.05, 4.69) is 31.9 Å². The van der Waals surface area contributed by atoms with Crippen LogP contribution < -0.4 is 4.74 Å². The predicted molar refractivity (Wildman–Crippen MR) is 65.0 cm³/mol. The van der Waals surface area contributed by atoms with Crippen molar-refractivity contribution in [2.45, 2.75) is 9.65 Å². The molecule has 5 heteroatoms. The van der Waals surface area contributed by atoms with Crippen LogP contribution in [0.1, 0.15) is 10.4 Å². The first kappa shape index (κ1) is 12.5. The van der Waals surface area contributed by atoms with Crippen LogP contribution in [0.5, 0.6) is 5.75 Å². The molecule has 0 aliphatic heterocycles. The lowest BCUT2D eigenvalue weighted by molar-refractivity contribution is -0.136. The van der Waals surface area contributed by atoms with Gasteiger partial charge in [-0.05, 0) is 17.7 Å². The molecule has 82 valence electrons. The zero-order valence-corrected chi connectivity index (χ0v) is 11.2. The minimum atomic E-state index is -0.896. The molecule has 2 atom stereocenters. The molecule has 0 aliphatic carbocycles. The molecule has 3 nitrogen and oxygen atoms in total. The number of ether oxygens (including phenoxy) is 1. The number of carboxylic acid groups (broad SMARTS) is 1. The van der Waals surface area contributed by atoms with Crippen LogP contribution >= 0.6 is 31.9 Å². The van der Waals surface area contributed by atoms with Crippen molar-refractivity contribution < 1.29 is 14.6 Å². The van der Waals surface area contributed by atoms with E-state index in [-0.39, 0.29) is 4.83 Å². The third-order valence-corrected chi connectivity index (χ3v) is 4.61. The first-order valence-corrected chi connectivity index (χ1v) is 6.04. The number of halogens is 2. The third kappa shape index (κ3) is 3.21. The lowest BCUT2D eigenvalue weighted by Crippen LogP contribution is -2.17. The molecule has 0 heterocycles. The van der Waals surface area contributed by atoms with Gasteiger partial charge in [0.15, 0.2) is 0 Å². The molecule has 1 rings (SSSR count). The second-order valence-electron chi connectivity index (χ2n) is 2.91. The standard InChI is InChI=1S/C10H10Br2O3/c1-15-7-4-2-6(3-5-7)8(11)9(12)10(13)14/h2-5,8-9H,1H3,(H,13,14)/t8-,9+/m0/s1. The Morgan fingerprint density at radius 1 is 1.33 bits per heavy atom. The van der Waals surface area contributed by atoms with Crippen molar-refractivity contribution in [2.24, 2.45) is 0 Å². The van der Waals surface area contributed by atoms with Crippen LogP contribution in [-0.2, 0) is 4.79 Å². The van der Waals surface area contributed by atoms with E-state index in [9.17, 15) is 4.79 Å². The topological polar surface area (TPSA) is 46.5 Å². The lowest BCUT2D eigenvalue weighted by atomic mass is 10.1. The first-order chi connectivity index (χ1) is 7.06. The maximum absolute atomic E-state index is 10.7. The molecule has 0 aromatic heterocycles. The Morgan fingerprint density at radius 2 is 1.87 bits per heavy atom. The van der Waals surface area contributed by atoms with Gasteiger partial charge in [-0.1, -0.05) is 44.0 Å². The molecule has 0 saturated heterocycles. The molecule has 0 radical (unpaired) electrons. The average molecular weight is 338 g/mol. The number of hydrogen-bond donors (Lipinski definition) is 1. The molecule has 1 aromatic rings. The summed E-state index contributed by atoms with van der Waals surface area (Å²) in [6.45, 7) is 0. The van der Waals surface area contributed by atoms with Gasteiger partial charge < -0.3 is 9.84 Å². The van der Waals surface area contributed by atoms with Crippen molar-refractivity contribution >= 4 is 37.8 Å². The number of carbonyl (C=O) groups is 1. The van der Waals surface area contributed by atoms with E-state index in [0.717, 1.165) is 11.3 Å². The molecule has 0 aliphatic rings. The summed E-state index contributed by atoms with van der Waals surface area (Å²) >= 11 is 6.43. The van der Waals surface area contributed by atoms with Crippen LogP contribution in [0.3, 0.4) is 0 Å². The summed E-state index contributed by atoms with van der Waals surface area (Å²) in [7, 11) is 1.59. The van der Waals surface area contributed by atoms with Crippen molar-refractivity contribution in [1.82, 2.24) is 0 Å². The first-order valence-electron chi connectivity index (χ1n) is 4.21. The highest BCUT2D eigenvalue weighted by molar-refractivity contribution is 9.12. The normalized spacial score (nSPS) is 14.3. The van der Waals surface area contributed by atoms with Gasteiger partial charge in [-0.3, -0.25) is 4.79 Å². The Bertz CT molecular complexity index is 337. The third-order valence-electron chi connectivity index (χ3n) is 1.93. The summed E-state index contributed by atoms with van der Waals surface area (Å²) in [6.07, 6.45) is 0. The zero-order valence-electron chi connectivity index (χ0n) is 7.98. The smallest absolute Gasteiger partial charge is 0.318 e. The van der Waals surface area contributed by atoms with E-state index < -0.39 is 10.8 Å². The second-order valence-corrected chi connectivity index (χ2v) is 4.89. The molecular formula is C10H10Br2O3. The fourth-order valence-corrected chi connectivity index (χ4v) is 1.92. The second kappa shape index (κ2) is 5.51. The molecular weight excluding hydrogens is 328 g/mol. The van der Waals surface area contributed by atoms with Crippen LogP contribution in [-0.4, -0.2) is 23.0 Å². The summed E-state index contributed by atoms with van der Waals surface area (Å²) in [5, 5.41) is 8.81. The monoisotopic (exact) mass is 336 g/mol. The number of rotatable bonds is 4. The van der Waals surface area contributed by atoms with Crippen molar-refractivity contribution in [3.05, 3.63) is 29.8 Å². The summed E-state index contributed by atoms with van der Waals surface area (Å²) in [5.41, 5.74) is 0.889. The quantitative estimate of drug-likeness (QED) is 0.859. The highest BCUT2D eigenvalue weighted by Crippen LogP contribution is 2.32. The predicted octanol–water partition coefficient (Wildman–Crippen LogP) is 2.98. The molecule has 0 amide bonds. The minimum absolute atomic E-state index is 0.263. The van der Waals surface area contributed by atoms with Crippen LogP contribution in [0.2, 0.25) is 0 Å². The Labute approximate surface area is 105 Å². The number of aliphatic carboxylic acids is 1. The van der Waals surface area contributed by atoms with E-state index in [4.69, 9.17) is 9.84 Å². The number of alkyl halides is 2. The Balaban J connectivity index is 2.82. The fraction of sp³-hybridized carbons (Fsp3) is 0.300. The molecule has 0 bridgehead atoms. The minimum Gasteiger partial charge on any atom is -0.497 e. The summed E-state index contributed by atoms with van der Waals surface area (Å²) < 4.78 is 5.01. The van der Waals surface area contributed by atoms with Gasteiger partial charge >= 0.3 is 5.97 Å². The molecule has 0 spiro atoms. The Kier molecular flexibility index (Phi) is 4.60. The highest BCUT2D eigenvalue weighted by atomic mass is 79.9. The van der Waals surface area contributed by atoms with Crippen molar-refractivity contribution in [3.63, 3.8) is 0 Å². The number of hydrogen-bond acceptors (Lipinski definition) is 2. The molecule has 0 saturated carbocycles. The van der Waals surface area contributed by atoms with E-state index in [0.29, 0.717) is 0 Å². The zero-order chi connectivity index (χ0) is 11.4. The van der Waals surface area contributed by atoms with Gasteiger partial charge in [0.05, 0.1) is 11.9 Å². The van der Waals surface area contributed by atoms with Gasteiger partial charge in [-0.2, -0.15) is 0 Å². The average Bonchev–Trinajstić information content (AvgIpc) is 2.27. The van der Waals surface area contributed by atoms with Crippen LogP contribution in [0.25, 0.3) is 0 Å². The summed E-state index contributed by atoms with van der Waals surface area (Å²) in [6, 6.07) is 7.25. The highest BCUT2D eigenvalue weighted by Gasteiger charge is 2.24. The van der Waals surface area contributed by atoms with Gasteiger partial charge in [0.1, 0.15) is 10.6 Å². The molecule has 1 N–H and O–H groups in total. The van der Waals surface area contributed by atoms with Gasteiger partial charge in [0, 0.05) is 0 Å². The summed E-state index contributed by atoms with van der Waals surface area (Å²) in [5.74, 6) is -0.146. The lowest BCUT2D eigenvalue weighted by Gasteiger charge is -2.13. The van der Waals surface area contributed by atoms with Crippen LogP contribution in [0.15, 0.2) is 24.3 Å². The van der Waals surface area contributed by atoms with Crippen molar-refractivity contribution in [3.8, 4) is 5.75 Å². The number of methoxy groups -OCH3 is 1. The van der Waals surface area contributed by atoms with Gasteiger partial charge in [-0.15, -0.1) is 0 Å². The summed E-state index contributed by atoms with van der Waals surface area (Å²) in [4.78, 5) is 9.83. The van der Waals surface area contributed by atoms with Crippen molar-refractivity contribution in [1.29, 1.82) is 0 Å². The van der Waals surface area contributed by atoms with Crippen LogP contribution in [0, 0.1) is 0 Å².